The van der Waals surface area contributed by atoms with Crippen LogP contribution < -0.4 is 10.6 Å². The molecule has 0 saturated heterocycles. The van der Waals surface area contributed by atoms with Crippen LogP contribution in [-0.2, 0) is 4.79 Å². The summed E-state index contributed by atoms with van der Waals surface area (Å²) in [6.07, 6.45) is 5.10. The molecule has 6 nitrogen and oxygen atoms in total. The Balaban J connectivity index is 1.58. The Kier molecular flexibility index (Phi) is 3.56. The molecule has 0 unspecified atom stereocenters. The lowest BCUT2D eigenvalue weighted by molar-refractivity contribution is -0.122. The summed E-state index contributed by atoms with van der Waals surface area (Å²) in [5.41, 5.74) is 0.944. The largest absolute Gasteiger partial charge is 0.321 e. The van der Waals surface area contributed by atoms with Gasteiger partial charge in [-0.3, -0.25) is 4.79 Å². The molecule has 1 amide bonds. The number of carbonyl (C=O) groups is 1. The first-order chi connectivity index (χ1) is 10.3. The predicted octanol–water partition coefficient (Wildman–Crippen LogP) is 1.66. The Hall–Kier alpha value is -2.81. The summed E-state index contributed by atoms with van der Waals surface area (Å²) in [5, 5.41) is 18.3. The van der Waals surface area contributed by atoms with Gasteiger partial charge in [0.1, 0.15) is 0 Å². The number of rotatable bonds is 4. The van der Waals surface area contributed by atoms with Crippen LogP contribution in [0.4, 0.5) is 5.82 Å². The Morgan fingerprint density at radius 3 is 2.76 bits per heavy atom. The molecule has 1 aliphatic carbocycles. The van der Waals surface area contributed by atoms with Crippen LogP contribution in [0, 0.1) is 17.4 Å². The molecular formula is C15H15N5O. The van der Waals surface area contributed by atoms with Crippen LogP contribution in [0.3, 0.4) is 0 Å². The van der Waals surface area contributed by atoms with E-state index in [9.17, 15) is 4.79 Å². The summed E-state index contributed by atoms with van der Waals surface area (Å²) in [4.78, 5) is 12.0. The van der Waals surface area contributed by atoms with Gasteiger partial charge in [-0.2, -0.15) is 10.4 Å². The molecule has 2 aromatic rings. The lowest BCUT2D eigenvalue weighted by Crippen LogP contribution is -2.44. The van der Waals surface area contributed by atoms with Crippen LogP contribution in [0.15, 0.2) is 42.6 Å². The minimum atomic E-state index is -0.0438. The van der Waals surface area contributed by atoms with E-state index in [1.54, 1.807) is 10.7 Å². The lowest BCUT2D eigenvalue weighted by atomic mass is 9.80. The zero-order valence-corrected chi connectivity index (χ0v) is 11.4. The average molecular weight is 281 g/mol. The van der Waals surface area contributed by atoms with Crippen LogP contribution in [0.25, 0.3) is 5.69 Å². The number of nitrogens with zero attached hydrogens (tertiary/aromatic N) is 3. The molecule has 2 N–H and O–H groups in total. The minimum Gasteiger partial charge on any atom is -0.321 e. The van der Waals surface area contributed by atoms with Crippen molar-refractivity contribution in [3.05, 3.63) is 42.6 Å². The number of nitrogens with one attached hydrogen (secondary N) is 2. The Morgan fingerprint density at radius 1 is 1.29 bits per heavy atom. The molecule has 106 valence electrons. The molecular weight excluding hydrogens is 266 g/mol. The number of hydrogen-bond acceptors (Lipinski definition) is 4. The molecule has 1 aromatic heterocycles. The summed E-state index contributed by atoms with van der Waals surface area (Å²) < 4.78 is 1.72. The van der Waals surface area contributed by atoms with Crippen molar-refractivity contribution in [2.45, 2.75) is 18.9 Å². The first-order valence-corrected chi connectivity index (χ1v) is 6.83. The highest BCUT2D eigenvalue weighted by molar-refractivity contribution is 5.92. The average Bonchev–Trinajstić information content (AvgIpc) is 2.91. The predicted molar refractivity (Wildman–Crippen MR) is 77.5 cm³/mol. The molecule has 3 rings (SSSR count). The number of carbonyl (C=O) groups excluding carboxylic acids is 1. The summed E-state index contributed by atoms with van der Waals surface area (Å²) in [6.45, 7) is 0. The van der Waals surface area contributed by atoms with Crippen LogP contribution in [0.1, 0.15) is 12.8 Å². The molecule has 1 fully saturated rings. The van der Waals surface area contributed by atoms with Gasteiger partial charge in [-0.1, -0.05) is 18.2 Å². The van der Waals surface area contributed by atoms with Gasteiger partial charge in [0.15, 0.2) is 12.0 Å². The van der Waals surface area contributed by atoms with E-state index in [1.807, 2.05) is 42.7 Å². The number of aromatic nitrogens is 2. The van der Waals surface area contributed by atoms with Gasteiger partial charge < -0.3 is 10.6 Å². The SMILES string of the molecule is N#CN[C@H]1C[C@H](C(=O)Nc2ccn(-c3ccccc3)n2)C1. The first-order valence-electron chi connectivity index (χ1n) is 6.83. The third kappa shape index (κ3) is 2.87. The van der Waals surface area contributed by atoms with Gasteiger partial charge in [-0.05, 0) is 25.0 Å². The molecule has 0 spiro atoms. The van der Waals surface area contributed by atoms with Crippen molar-refractivity contribution in [2.24, 2.45) is 5.92 Å². The van der Waals surface area contributed by atoms with Crippen molar-refractivity contribution < 1.29 is 4.79 Å². The van der Waals surface area contributed by atoms with Gasteiger partial charge in [-0.15, -0.1) is 0 Å². The number of anilines is 1. The minimum absolute atomic E-state index is 0.0377. The molecule has 21 heavy (non-hydrogen) atoms. The second kappa shape index (κ2) is 5.67. The highest BCUT2D eigenvalue weighted by Crippen LogP contribution is 2.28. The zero-order valence-electron chi connectivity index (χ0n) is 11.4. The van der Waals surface area contributed by atoms with Gasteiger partial charge in [0.05, 0.1) is 5.69 Å². The van der Waals surface area contributed by atoms with Gasteiger partial charge in [0.2, 0.25) is 5.91 Å². The van der Waals surface area contributed by atoms with Gasteiger partial charge in [-0.25, -0.2) is 4.68 Å². The van der Waals surface area contributed by atoms with Crippen LogP contribution in [0.2, 0.25) is 0 Å². The van der Waals surface area contributed by atoms with Crippen LogP contribution in [0.5, 0.6) is 0 Å². The topological polar surface area (TPSA) is 82.7 Å². The fourth-order valence-corrected chi connectivity index (χ4v) is 2.38. The van der Waals surface area contributed by atoms with Crippen molar-refractivity contribution in [3.63, 3.8) is 0 Å². The monoisotopic (exact) mass is 281 g/mol. The van der Waals surface area contributed by atoms with E-state index in [0.29, 0.717) is 18.7 Å². The van der Waals surface area contributed by atoms with Crippen molar-refractivity contribution in [3.8, 4) is 11.9 Å². The molecule has 1 aliphatic rings. The molecule has 6 heteroatoms. The highest BCUT2D eigenvalue weighted by Gasteiger charge is 2.34. The van der Waals surface area contributed by atoms with Gasteiger partial charge >= 0.3 is 0 Å². The van der Waals surface area contributed by atoms with Crippen molar-refractivity contribution in [2.75, 3.05) is 5.32 Å². The Labute approximate surface area is 122 Å². The smallest absolute Gasteiger partial charge is 0.228 e. The summed E-state index contributed by atoms with van der Waals surface area (Å²) in [6, 6.07) is 11.6. The van der Waals surface area contributed by atoms with Crippen LogP contribution >= 0.6 is 0 Å². The Morgan fingerprint density at radius 2 is 2.05 bits per heavy atom. The quantitative estimate of drug-likeness (QED) is 0.659. The van der Waals surface area contributed by atoms with Gasteiger partial charge in [0, 0.05) is 24.2 Å². The standard InChI is InChI=1S/C15H15N5O/c16-10-17-12-8-11(9-12)15(21)18-14-6-7-20(19-14)13-4-2-1-3-5-13/h1-7,11-12,17H,8-9H2,(H,18,19,21)/t11-,12-. The maximum atomic E-state index is 12.0. The first kappa shape index (κ1) is 13.2. The van der Waals surface area contributed by atoms with E-state index in [1.165, 1.54) is 0 Å². The maximum absolute atomic E-state index is 12.0. The third-order valence-electron chi connectivity index (χ3n) is 3.64. The van der Waals surface area contributed by atoms with Gasteiger partial charge in [0.25, 0.3) is 0 Å². The highest BCUT2D eigenvalue weighted by atomic mass is 16.2. The molecule has 1 aromatic carbocycles. The number of hydrogen-bond donors (Lipinski definition) is 2. The molecule has 0 bridgehead atoms. The van der Waals surface area contributed by atoms with Crippen molar-refractivity contribution in [1.29, 1.82) is 5.26 Å². The Bertz CT molecular complexity index is 667. The van der Waals surface area contributed by atoms with E-state index in [-0.39, 0.29) is 17.9 Å². The number of nitriles is 1. The zero-order chi connectivity index (χ0) is 14.7. The molecule has 1 heterocycles. The fourth-order valence-electron chi connectivity index (χ4n) is 2.38. The molecule has 1 saturated carbocycles. The van der Waals surface area contributed by atoms with Crippen LogP contribution in [-0.4, -0.2) is 21.7 Å². The van der Waals surface area contributed by atoms with E-state index >= 15 is 0 Å². The van der Waals surface area contributed by atoms with Crippen molar-refractivity contribution in [1.82, 2.24) is 15.1 Å². The number of amides is 1. The lowest BCUT2D eigenvalue weighted by Gasteiger charge is -2.32. The fraction of sp³-hybridized carbons (Fsp3) is 0.267. The summed E-state index contributed by atoms with van der Waals surface area (Å²) in [7, 11) is 0. The summed E-state index contributed by atoms with van der Waals surface area (Å²) >= 11 is 0. The molecule has 0 aliphatic heterocycles. The second-order valence-electron chi connectivity index (χ2n) is 5.09. The summed E-state index contributed by atoms with van der Waals surface area (Å²) in [5.74, 6) is 0.461. The molecule has 0 atom stereocenters. The van der Waals surface area contributed by atoms with E-state index in [2.05, 4.69) is 15.7 Å². The second-order valence-corrected chi connectivity index (χ2v) is 5.09. The maximum Gasteiger partial charge on any atom is 0.228 e. The van der Waals surface area contributed by atoms with E-state index < -0.39 is 0 Å². The van der Waals surface area contributed by atoms with E-state index in [0.717, 1.165) is 5.69 Å². The number of para-hydroxylation sites is 1. The van der Waals surface area contributed by atoms with E-state index in [4.69, 9.17) is 5.26 Å². The normalized spacial score (nSPS) is 20.1. The third-order valence-corrected chi connectivity index (χ3v) is 3.64. The van der Waals surface area contributed by atoms with Crippen molar-refractivity contribution >= 4 is 11.7 Å². The molecule has 0 radical (unpaired) electrons. The number of benzene rings is 1.